The number of aromatic nitrogens is 1. The second-order valence-corrected chi connectivity index (χ2v) is 5.52. The van der Waals surface area contributed by atoms with Gasteiger partial charge in [0.1, 0.15) is 0 Å². The Hall–Kier alpha value is -1.86. The highest BCUT2D eigenvalue weighted by Gasteiger charge is 2.37. The first-order chi connectivity index (χ1) is 10.00. The number of methoxy groups -OCH3 is 1. The molecule has 1 aromatic heterocycles. The third-order valence-corrected chi connectivity index (χ3v) is 3.60. The number of nitrogens with one attached hydrogen (secondary N) is 1. The molecular weight excluding hydrogens is 274 g/mol. The summed E-state index contributed by atoms with van der Waals surface area (Å²) in [4.78, 5) is 18.3. The Labute approximate surface area is 123 Å². The van der Waals surface area contributed by atoms with E-state index in [4.69, 9.17) is 14.2 Å². The smallest absolute Gasteiger partial charge is 0.247 e. The number of hydrogen-bond donors (Lipinski definition) is 1. The van der Waals surface area contributed by atoms with Crippen LogP contribution in [0.4, 0.5) is 11.5 Å². The van der Waals surface area contributed by atoms with Gasteiger partial charge >= 0.3 is 0 Å². The largest absolute Gasteiger partial charge is 0.481 e. The Morgan fingerprint density at radius 3 is 2.76 bits per heavy atom. The second kappa shape index (κ2) is 5.16. The molecule has 7 heteroatoms. The normalized spacial score (nSPS) is 21.7. The SMILES string of the molecule is COc1ccc2c(n1)N(C1COC(C)(C)OC1)C(=O)CN2. The van der Waals surface area contributed by atoms with Crippen molar-refractivity contribution in [3.05, 3.63) is 12.1 Å². The maximum Gasteiger partial charge on any atom is 0.247 e. The first kappa shape index (κ1) is 14.1. The number of rotatable bonds is 2. The summed E-state index contributed by atoms with van der Waals surface area (Å²) >= 11 is 0. The molecule has 114 valence electrons. The standard InChI is InChI=1S/C14H19N3O4/c1-14(2)20-7-9(8-21-14)17-12(18)6-15-10-4-5-11(19-3)16-13(10)17/h4-5,9,15H,6-8H2,1-3H3. The summed E-state index contributed by atoms with van der Waals surface area (Å²) in [6.07, 6.45) is 0. The highest BCUT2D eigenvalue weighted by molar-refractivity contribution is 6.02. The van der Waals surface area contributed by atoms with E-state index in [9.17, 15) is 4.79 Å². The third kappa shape index (κ3) is 2.66. The number of pyridine rings is 1. The van der Waals surface area contributed by atoms with Gasteiger partial charge in [-0.25, -0.2) is 0 Å². The summed E-state index contributed by atoms with van der Waals surface area (Å²) in [6.45, 7) is 4.78. The summed E-state index contributed by atoms with van der Waals surface area (Å²) in [6, 6.07) is 3.43. The molecule has 0 atom stereocenters. The van der Waals surface area contributed by atoms with Gasteiger partial charge in [-0.15, -0.1) is 0 Å². The van der Waals surface area contributed by atoms with Crippen molar-refractivity contribution in [1.29, 1.82) is 0 Å². The van der Waals surface area contributed by atoms with Crippen molar-refractivity contribution in [2.45, 2.75) is 25.7 Å². The second-order valence-electron chi connectivity index (χ2n) is 5.52. The van der Waals surface area contributed by atoms with Gasteiger partial charge in [0.25, 0.3) is 0 Å². The van der Waals surface area contributed by atoms with Crippen molar-refractivity contribution in [3.8, 4) is 5.88 Å². The van der Waals surface area contributed by atoms with Gasteiger partial charge in [0.2, 0.25) is 11.8 Å². The molecular formula is C14H19N3O4. The Balaban J connectivity index is 1.90. The molecule has 21 heavy (non-hydrogen) atoms. The fourth-order valence-corrected chi connectivity index (χ4v) is 2.45. The number of anilines is 2. The summed E-state index contributed by atoms with van der Waals surface area (Å²) in [5, 5.41) is 3.06. The topological polar surface area (TPSA) is 72.9 Å². The number of fused-ring (bicyclic) bond motifs is 1. The molecule has 0 unspecified atom stereocenters. The molecule has 1 amide bonds. The monoisotopic (exact) mass is 293 g/mol. The summed E-state index contributed by atoms with van der Waals surface area (Å²) in [5.41, 5.74) is 0.806. The van der Waals surface area contributed by atoms with Gasteiger partial charge in [0, 0.05) is 6.07 Å². The van der Waals surface area contributed by atoms with Gasteiger partial charge in [0.05, 0.1) is 38.6 Å². The molecule has 0 saturated carbocycles. The van der Waals surface area contributed by atoms with Crippen molar-refractivity contribution in [2.24, 2.45) is 0 Å². The molecule has 0 aromatic carbocycles. The van der Waals surface area contributed by atoms with Crippen LogP contribution in [0.5, 0.6) is 5.88 Å². The Morgan fingerprint density at radius 2 is 2.10 bits per heavy atom. The number of carbonyl (C=O) groups is 1. The zero-order chi connectivity index (χ0) is 15.0. The molecule has 3 rings (SSSR count). The zero-order valence-electron chi connectivity index (χ0n) is 12.4. The van der Waals surface area contributed by atoms with Crippen molar-refractivity contribution in [2.75, 3.05) is 37.1 Å². The average Bonchev–Trinajstić information content (AvgIpc) is 2.47. The lowest BCUT2D eigenvalue weighted by Crippen LogP contribution is -2.55. The van der Waals surface area contributed by atoms with Crippen molar-refractivity contribution in [3.63, 3.8) is 0 Å². The molecule has 0 aliphatic carbocycles. The van der Waals surface area contributed by atoms with Crippen LogP contribution in [-0.4, -0.2) is 49.6 Å². The lowest BCUT2D eigenvalue weighted by molar-refractivity contribution is -0.249. The number of amides is 1. The van der Waals surface area contributed by atoms with Gasteiger partial charge in [-0.2, -0.15) is 4.98 Å². The first-order valence-electron chi connectivity index (χ1n) is 6.89. The molecule has 1 N–H and O–H groups in total. The molecule has 7 nitrogen and oxygen atoms in total. The minimum absolute atomic E-state index is 0.0554. The van der Waals surface area contributed by atoms with Gasteiger partial charge < -0.3 is 19.5 Å². The zero-order valence-corrected chi connectivity index (χ0v) is 12.4. The maximum absolute atomic E-state index is 12.3. The van der Waals surface area contributed by atoms with Gasteiger partial charge in [-0.1, -0.05) is 0 Å². The van der Waals surface area contributed by atoms with Crippen LogP contribution < -0.4 is 15.0 Å². The molecule has 0 spiro atoms. The van der Waals surface area contributed by atoms with E-state index in [0.717, 1.165) is 5.69 Å². The number of ether oxygens (including phenoxy) is 3. The summed E-state index contributed by atoms with van der Waals surface area (Å²) in [5.74, 6) is 0.356. The van der Waals surface area contributed by atoms with E-state index in [-0.39, 0.29) is 18.5 Å². The third-order valence-electron chi connectivity index (χ3n) is 3.60. The number of nitrogens with zero attached hydrogens (tertiary/aromatic N) is 2. The van der Waals surface area contributed by atoms with Crippen LogP contribution in [0.1, 0.15) is 13.8 Å². The van der Waals surface area contributed by atoms with E-state index >= 15 is 0 Å². The highest BCUT2D eigenvalue weighted by Crippen LogP contribution is 2.32. The minimum atomic E-state index is -0.613. The molecule has 2 aliphatic heterocycles. The van der Waals surface area contributed by atoms with Crippen LogP contribution in [-0.2, 0) is 14.3 Å². The summed E-state index contributed by atoms with van der Waals surface area (Å²) in [7, 11) is 1.55. The van der Waals surface area contributed by atoms with Crippen LogP contribution in [0.15, 0.2) is 12.1 Å². The van der Waals surface area contributed by atoms with Crippen molar-refractivity contribution < 1.29 is 19.0 Å². The maximum atomic E-state index is 12.3. The Kier molecular flexibility index (Phi) is 3.46. The fourth-order valence-electron chi connectivity index (χ4n) is 2.45. The van der Waals surface area contributed by atoms with Crippen LogP contribution in [0.25, 0.3) is 0 Å². The van der Waals surface area contributed by atoms with Crippen molar-refractivity contribution >= 4 is 17.4 Å². The predicted molar refractivity (Wildman–Crippen MR) is 76.5 cm³/mol. The Bertz CT molecular complexity index is 551. The highest BCUT2D eigenvalue weighted by atomic mass is 16.7. The van der Waals surface area contributed by atoms with E-state index in [1.165, 1.54) is 0 Å². The number of carbonyl (C=O) groups excluding carboxylic acids is 1. The molecule has 2 aliphatic rings. The fraction of sp³-hybridized carbons (Fsp3) is 0.571. The quantitative estimate of drug-likeness (QED) is 0.877. The average molecular weight is 293 g/mol. The molecule has 3 heterocycles. The van der Waals surface area contributed by atoms with Crippen LogP contribution in [0.2, 0.25) is 0 Å². The van der Waals surface area contributed by atoms with Gasteiger partial charge in [-0.05, 0) is 19.9 Å². The van der Waals surface area contributed by atoms with E-state index in [2.05, 4.69) is 10.3 Å². The Morgan fingerprint density at radius 1 is 1.38 bits per heavy atom. The molecule has 1 fully saturated rings. The first-order valence-corrected chi connectivity index (χ1v) is 6.89. The lowest BCUT2D eigenvalue weighted by Gasteiger charge is -2.41. The van der Waals surface area contributed by atoms with E-state index in [1.807, 2.05) is 19.9 Å². The van der Waals surface area contributed by atoms with Crippen LogP contribution in [0.3, 0.4) is 0 Å². The molecule has 0 bridgehead atoms. The molecule has 0 radical (unpaired) electrons. The van der Waals surface area contributed by atoms with Gasteiger partial charge in [0.15, 0.2) is 11.6 Å². The van der Waals surface area contributed by atoms with E-state index in [0.29, 0.717) is 24.9 Å². The molecule has 1 aromatic rings. The van der Waals surface area contributed by atoms with Gasteiger partial charge in [-0.3, -0.25) is 9.69 Å². The van der Waals surface area contributed by atoms with Crippen LogP contribution in [0, 0.1) is 0 Å². The van der Waals surface area contributed by atoms with E-state index in [1.54, 1.807) is 18.1 Å². The molecule has 1 saturated heterocycles. The van der Waals surface area contributed by atoms with E-state index < -0.39 is 5.79 Å². The predicted octanol–water partition coefficient (Wildman–Crippen LogP) is 1.00. The lowest BCUT2D eigenvalue weighted by atomic mass is 10.1. The minimum Gasteiger partial charge on any atom is -0.481 e. The summed E-state index contributed by atoms with van der Waals surface area (Å²) < 4.78 is 16.5. The van der Waals surface area contributed by atoms with Crippen molar-refractivity contribution in [1.82, 2.24) is 4.98 Å². The van der Waals surface area contributed by atoms with Crippen LogP contribution >= 0.6 is 0 Å². The number of hydrogen-bond acceptors (Lipinski definition) is 6.